The number of thiazole rings is 1. The van der Waals surface area contributed by atoms with Crippen molar-refractivity contribution < 1.29 is 13.6 Å². The Kier molecular flexibility index (Phi) is 5.22. The standard InChI is InChI=1S/C22H17F2N7OS/c1-2-17(32)30-8-7-13(10-30)31-21-18(20(25)26-11-27-21)14(29-31)5-3-12-4-6-16-15(9-12)28-22(33-16)19(23)24/h2,4,6,9,11,13,19H,1,7-8,10H2,(H2,25,26,27)/t13-/m0/s1. The first kappa shape index (κ1) is 21.0. The fourth-order valence-corrected chi connectivity index (χ4v) is 4.66. The Balaban J connectivity index is 1.52. The molecule has 8 nitrogen and oxygen atoms in total. The third-order valence-electron chi connectivity index (χ3n) is 5.43. The minimum Gasteiger partial charge on any atom is -0.383 e. The number of carbonyl (C=O) groups excluding carboxylic acids is 1. The van der Waals surface area contributed by atoms with Crippen molar-refractivity contribution in [2.45, 2.75) is 18.9 Å². The molecule has 1 saturated heterocycles. The number of halogens is 2. The summed E-state index contributed by atoms with van der Waals surface area (Å²) in [6.07, 6.45) is 0.763. The number of likely N-dealkylation sites (tertiary alicyclic amines) is 1. The molecule has 1 fully saturated rings. The van der Waals surface area contributed by atoms with Crippen LogP contribution in [0.5, 0.6) is 0 Å². The molecule has 0 unspecified atom stereocenters. The highest BCUT2D eigenvalue weighted by molar-refractivity contribution is 7.18. The Morgan fingerprint density at radius 1 is 1.33 bits per heavy atom. The predicted octanol–water partition coefficient (Wildman–Crippen LogP) is 3.32. The molecule has 5 rings (SSSR count). The smallest absolute Gasteiger partial charge is 0.289 e. The van der Waals surface area contributed by atoms with E-state index in [1.54, 1.807) is 27.8 Å². The van der Waals surface area contributed by atoms with E-state index in [1.165, 1.54) is 12.4 Å². The average Bonchev–Trinajstić information content (AvgIpc) is 3.53. The minimum absolute atomic E-state index is 0.0830. The van der Waals surface area contributed by atoms with Gasteiger partial charge in [-0.25, -0.2) is 28.4 Å². The Morgan fingerprint density at radius 2 is 2.18 bits per heavy atom. The number of carbonyl (C=O) groups is 1. The maximum atomic E-state index is 12.9. The van der Waals surface area contributed by atoms with Gasteiger partial charge in [-0.1, -0.05) is 12.5 Å². The first-order valence-corrected chi connectivity index (χ1v) is 10.9. The van der Waals surface area contributed by atoms with Crippen LogP contribution >= 0.6 is 11.3 Å². The fourth-order valence-electron chi connectivity index (χ4n) is 3.86. The normalized spacial score (nSPS) is 15.8. The van der Waals surface area contributed by atoms with Crippen LogP contribution in [0.2, 0.25) is 0 Å². The van der Waals surface area contributed by atoms with Crippen molar-refractivity contribution in [3.63, 3.8) is 0 Å². The van der Waals surface area contributed by atoms with E-state index in [-0.39, 0.29) is 22.8 Å². The summed E-state index contributed by atoms with van der Waals surface area (Å²) in [5, 5.41) is 4.96. The number of nitrogens with two attached hydrogens (primary N) is 1. The molecule has 33 heavy (non-hydrogen) atoms. The molecule has 1 atom stereocenters. The molecule has 1 aliphatic rings. The number of anilines is 1. The highest BCUT2D eigenvalue weighted by Gasteiger charge is 2.29. The summed E-state index contributed by atoms with van der Waals surface area (Å²) in [5.41, 5.74) is 8.14. The lowest BCUT2D eigenvalue weighted by molar-refractivity contribution is -0.125. The largest absolute Gasteiger partial charge is 0.383 e. The Labute approximate surface area is 190 Å². The summed E-state index contributed by atoms with van der Waals surface area (Å²) in [5.74, 6) is 6.15. The van der Waals surface area contributed by atoms with Gasteiger partial charge in [0.25, 0.3) is 6.43 Å². The van der Waals surface area contributed by atoms with Crippen molar-refractivity contribution in [1.82, 2.24) is 29.6 Å². The van der Waals surface area contributed by atoms with Gasteiger partial charge in [0.05, 0.1) is 21.6 Å². The number of hydrogen-bond donors (Lipinski definition) is 1. The number of rotatable bonds is 3. The summed E-state index contributed by atoms with van der Waals surface area (Å²) >= 11 is 0.961. The van der Waals surface area contributed by atoms with E-state index in [0.717, 1.165) is 11.3 Å². The monoisotopic (exact) mass is 465 g/mol. The summed E-state index contributed by atoms with van der Waals surface area (Å²) in [7, 11) is 0. The van der Waals surface area contributed by atoms with Crippen LogP contribution in [0.3, 0.4) is 0 Å². The van der Waals surface area contributed by atoms with Crippen LogP contribution in [0.4, 0.5) is 14.6 Å². The van der Waals surface area contributed by atoms with Crippen LogP contribution in [0.1, 0.15) is 35.2 Å². The molecule has 4 aromatic rings. The van der Waals surface area contributed by atoms with E-state index < -0.39 is 6.43 Å². The Hall–Kier alpha value is -3.91. The van der Waals surface area contributed by atoms with E-state index in [9.17, 15) is 13.6 Å². The van der Waals surface area contributed by atoms with Crippen LogP contribution in [-0.2, 0) is 4.79 Å². The Morgan fingerprint density at radius 3 is 2.97 bits per heavy atom. The minimum atomic E-state index is -2.61. The number of nitrogens with zero attached hydrogens (tertiary/aromatic N) is 6. The summed E-state index contributed by atoms with van der Waals surface area (Å²) < 4.78 is 28.3. The van der Waals surface area contributed by atoms with E-state index in [1.807, 2.05) is 0 Å². The number of amides is 1. The molecule has 2 N–H and O–H groups in total. The SMILES string of the molecule is C=CC(=O)N1CC[C@H](n2nc(C#Cc3ccc4sc(C(F)F)nc4c3)c3c(N)ncnc32)C1. The van der Waals surface area contributed by atoms with Crippen LogP contribution in [-0.4, -0.2) is 48.6 Å². The second-order valence-electron chi connectivity index (χ2n) is 7.47. The third kappa shape index (κ3) is 3.78. The van der Waals surface area contributed by atoms with E-state index in [0.29, 0.717) is 52.0 Å². The van der Waals surface area contributed by atoms with Crippen LogP contribution in [0.15, 0.2) is 37.2 Å². The van der Waals surface area contributed by atoms with Gasteiger partial charge in [-0.05, 0) is 36.6 Å². The highest BCUT2D eigenvalue weighted by Crippen LogP contribution is 2.30. The molecule has 3 aromatic heterocycles. The highest BCUT2D eigenvalue weighted by atomic mass is 32.1. The van der Waals surface area contributed by atoms with E-state index in [2.05, 4.69) is 38.5 Å². The van der Waals surface area contributed by atoms with Gasteiger partial charge in [-0.3, -0.25) is 4.79 Å². The topological polar surface area (TPSA) is 103 Å². The zero-order chi connectivity index (χ0) is 23.1. The van der Waals surface area contributed by atoms with E-state index in [4.69, 9.17) is 5.73 Å². The molecule has 0 aliphatic carbocycles. The van der Waals surface area contributed by atoms with Crippen molar-refractivity contribution in [3.05, 3.63) is 53.4 Å². The summed E-state index contributed by atoms with van der Waals surface area (Å²) in [4.78, 5) is 26.1. The quantitative estimate of drug-likeness (QED) is 0.368. The van der Waals surface area contributed by atoms with Crippen molar-refractivity contribution >= 4 is 44.3 Å². The molecule has 1 amide bonds. The lowest BCUT2D eigenvalue weighted by Crippen LogP contribution is -2.27. The second-order valence-corrected chi connectivity index (χ2v) is 8.53. The van der Waals surface area contributed by atoms with Gasteiger partial charge in [0.2, 0.25) is 5.91 Å². The zero-order valence-corrected chi connectivity index (χ0v) is 18.0. The van der Waals surface area contributed by atoms with E-state index >= 15 is 0 Å². The molecular formula is C22H17F2N7OS. The Bertz CT molecular complexity index is 1470. The van der Waals surface area contributed by atoms with Crippen molar-refractivity contribution in [3.8, 4) is 11.8 Å². The molecule has 166 valence electrons. The molecule has 0 saturated carbocycles. The third-order valence-corrected chi connectivity index (χ3v) is 6.47. The summed E-state index contributed by atoms with van der Waals surface area (Å²) in [6, 6.07) is 5.05. The molecular weight excluding hydrogens is 448 g/mol. The lowest BCUT2D eigenvalue weighted by atomic mass is 10.2. The first-order chi connectivity index (χ1) is 15.9. The molecule has 0 spiro atoms. The fraction of sp³-hybridized carbons (Fsp3) is 0.227. The molecule has 0 bridgehead atoms. The number of aromatic nitrogens is 5. The van der Waals surface area contributed by atoms with Gasteiger partial charge in [0.1, 0.15) is 17.8 Å². The van der Waals surface area contributed by atoms with Gasteiger partial charge < -0.3 is 10.6 Å². The average molecular weight is 465 g/mol. The van der Waals surface area contributed by atoms with Crippen molar-refractivity contribution in [1.29, 1.82) is 0 Å². The number of alkyl halides is 2. The number of fused-ring (bicyclic) bond motifs is 2. The summed E-state index contributed by atoms with van der Waals surface area (Å²) in [6.45, 7) is 4.61. The zero-order valence-electron chi connectivity index (χ0n) is 17.2. The van der Waals surface area contributed by atoms with Crippen LogP contribution < -0.4 is 5.73 Å². The number of hydrogen-bond acceptors (Lipinski definition) is 7. The second kappa shape index (κ2) is 8.22. The van der Waals surface area contributed by atoms with Gasteiger partial charge >= 0.3 is 0 Å². The van der Waals surface area contributed by atoms with Gasteiger partial charge in [0, 0.05) is 18.7 Å². The number of benzene rings is 1. The van der Waals surface area contributed by atoms with Gasteiger partial charge in [-0.2, -0.15) is 5.10 Å². The first-order valence-electron chi connectivity index (χ1n) is 10.0. The van der Waals surface area contributed by atoms with Crippen molar-refractivity contribution in [2.75, 3.05) is 18.8 Å². The maximum Gasteiger partial charge on any atom is 0.289 e. The van der Waals surface area contributed by atoms with Crippen LogP contribution in [0.25, 0.3) is 21.3 Å². The molecule has 0 radical (unpaired) electrons. The molecule has 1 aromatic carbocycles. The van der Waals surface area contributed by atoms with Crippen molar-refractivity contribution in [2.24, 2.45) is 0 Å². The molecule has 4 heterocycles. The van der Waals surface area contributed by atoms with Gasteiger partial charge in [0.15, 0.2) is 10.7 Å². The maximum absolute atomic E-state index is 12.9. The molecule has 11 heteroatoms. The number of nitrogen functional groups attached to an aromatic ring is 1. The van der Waals surface area contributed by atoms with Crippen LogP contribution in [0, 0.1) is 11.8 Å². The molecule has 1 aliphatic heterocycles. The lowest BCUT2D eigenvalue weighted by Gasteiger charge is -2.14. The predicted molar refractivity (Wildman–Crippen MR) is 121 cm³/mol. The van der Waals surface area contributed by atoms with Gasteiger partial charge in [-0.15, -0.1) is 11.3 Å².